The first-order valence-electron chi connectivity index (χ1n) is 10.2. The van der Waals surface area contributed by atoms with Gasteiger partial charge in [0.15, 0.2) is 0 Å². The summed E-state index contributed by atoms with van der Waals surface area (Å²) in [5, 5.41) is 0. The van der Waals surface area contributed by atoms with Crippen molar-refractivity contribution in [2.24, 2.45) is 28.6 Å². The number of fused-ring (bicyclic) bond motifs is 1. The van der Waals surface area contributed by atoms with Crippen molar-refractivity contribution in [1.29, 1.82) is 0 Å². The fraction of sp³-hybridized carbons (Fsp3) is 0.625. The summed E-state index contributed by atoms with van der Waals surface area (Å²) in [7, 11) is 0. The molecule has 2 nitrogen and oxygen atoms in total. The predicted molar refractivity (Wildman–Crippen MR) is 105 cm³/mol. The summed E-state index contributed by atoms with van der Waals surface area (Å²) in [6.45, 7) is 9.50. The Morgan fingerprint density at radius 2 is 1.81 bits per heavy atom. The van der Waals surface area contributed by atoms with Crippen LogP contribution in [0.3, 0.4) is 0 Å². The molecular formula is C24H32O2. The molecule has 3 saturated carbocycles. The van der Waals surface area contributed by atoms with Crippen LogP contribution in [0, 0.1) is 28.6 Å². The van der Waals surface area contributed by atoms with Crippen LogP contribution in [0.1, 0.15) is 65.4 Å². The van der Waals surface area contributed by atoms with E-state index in [2.05, 4.69) is 27.7 Å². The first-order valence-corrected chi connectivity index (χ1v) is 10.2. The van der Waals surface area contributed by atoms with Crippen LogP contribution in [-0.4, -0.2) is 11.6 Å². The molecule has 1 aromatic carbocycles. The zero-order chi connectivity index (χ0) is 18.6. The summed E-state index contributed by atoms with van der Waals surface area (Å²) in [5.74, 6) is 1.86. The Morgan fingerprint density at radius 3 is 2.54 bits per heavy atom. The molecule has 3 aliphatic rings. The Labute approximate surface area is 158 Å². The highest BCUT2D eigenvalue weighted by atomic mass is 16.6. The van der Waals surface area contributed by atoms with Crippen molar-refractivity contribution in [3.63, 3.8) is 0 Å². The third-order valence-corrected chi connectivity index (χ3v) is 8.31. The summed E-state index contributed by atoms with van der Waals surface area (Å²) >= 11 is 0. The minimum Gasteiger partial charge on any atom is -0.456 e. The molecule has 1 spiro atoms. The molecule has 0 heterocycles. The van der Waals surface area contributed by atoms with E-state index < -0.39 is 0 Å². The Morgan fingerprint density at radius 1 is 1.08 bits per heavy atom. The van der Waals surface area contributed by atoms with Crippen LogP contribution in [0.5, 0.6) is 0 Å². The molecule has 5 atom stereocenters. The van der Waals surface area contributed by atoms with E-state index in [1.807, 2.05) is 36.4 Å². The third kappa shape index (κ3) is 2.56. The number of hydrogen-bond donors (Lipinski definition) is 0. The summed E-state index contributed by atoms with van der Waals surface area (Å²) in [6.07, 6.45) is 9.62. The lowest BCUT2D eigenvalue weighted by Gasteiger charge is -2.46. The van der Waals surface area contributed by atoms with E-state index in [1.54, 1.807) is 6.08 Å². The molecule has 26 heavy (non-hydrogen) atoms. The topological polar surface area (TPSA) is 26.3 Å². The molecule has 0 aromatic heterocycles. The van der Waals surface area contributed by atoms with Crippen molar-refractivity contribution in [1.82, 2.24) is 0 Å². The third-order valence-electron chi connectivity index (χ3n) is 8.31. The highest BCUT2D eigenvalue weighted by molar-refractivity contribution is 5.87. The van der Waals surface area contributed by atoms with Gasteiger partial charge in [-0.25, -0.2) is 4.79 Å². The summed E-state index contributed by atoms with van der Waals surface area (Å²) in [6, 6.07) is 9.94. The van der Waals surface area contributed by atoms with E-state index in [4.69, 9.17) is 4.74 Å². The Hall–Kier alpha value is -1.57. The second-order valence-electron chi connectivity index (χ2n) is 9.82. The Balaban J connectivity index is 1.53. The normalized spacial score (nSPS) is 40.5. The first kappa shape index (κ1) is 17.8. The van der Waals surface area contributed by atoms with Crippen LogP contribution in [-0.2, 0) is 9.53 Å². The highest BCUT2D eigenvalue weighted by Crippen LogP contribution is 2.73. The Kier molecular flexibility index (Phi) is 4.09. The summed E-state index contributed by atoms with van der Waals surface area (Å²) in [4.78, 5) is 12.6. The van der Waals surface area contributed by atoms with Crippen LogP contribution in [0.15, 0.2) is 36.4 Å². The van der Waals surface area contributed by atoms with Gasteiger partial charge in [-0.3, -0.25) is 0 Å². The second kappa shape index (κ2) is 5.97. The van der Waals surface area contributed by atoms with Crippen LogP contribution in [0.25, 0.3) is 6.08 Å². The van der Waals surface area contributed by atoms with Crippen LogP contribution in [0.2, 0.25) is 0 Å². The number of ether oxygens (including phenoxy) is 1. The summed E-state index contributed by atoms with van der Waals surface area (Å²) in [5.41, 5.74) is 1.44. The van der Waals surface area contributed by atoms with Crippen molar-refractivity contribution >= 4 is 12.0 Å². The maximum Gasteiger partial charge on any atom is 0.331 e. The SMILES string of the molecule is CC1CCC2C(C)(C)C3CC12CCC3(C)OC(=O)/C=C/c1ccccc1. The number of carbonyl (C=O) groups excluding carboxylic acids is 1. The fourth-order valence-corrected chi connectivity index (χ4v) is 6.97. The van der Waals surface area contributed by atoms with Gasteiger partial charge in [-0.2, -0.15) is 0 Å². The zero-order valence-electron chi connectivity index (χ0n) is 16.6. The van der Waals surface area contributed by atoms with Gasteiger partial charge < -0.3 is 4.74 Å². The van der Waals surface area contributed by atoms with Gasteiger partial charge in [0.1, 0.15) is 5.60 Å². The molecule has 140 valence electrons. The molecule has 3 aliphatic carbocycles. The average Bonchev–Trinajstić information content (AvgIpc) is 3.03. The first-order chi connectivity index (χ1) is 12.3. The molecule has 2 bridgehead atoms. The maximum atomic E-state index is 12.6. The lowest BCUT2D eigenvalue weighted by molar-refractivity contribution is -0.167. The van der Waals surface area contributed by atoms with Gasteiger partial charge in [-0.05, 0) is 73.3 Å². The molecule has 0 amide bonds. The van der Waals surface area contributed by atoms with Gasteiger partial charge in [0.2, 0.25) is 0 Å². The quantitative estimate of drug-likeness (QED) is 0.502. The van der Waals surface area contributed by atoms with Gasteiger partial charge in [-0.1, -0.05) is 51.1 Å². The lowest BCUT2D eigenvalue weighted by Crippen LogP contribution is -2.47. The lowest BCUT2D eigenvalue weighted by atomic mass is 9.64. The fourth-order valence-electron chi connectivity index (χ4n) is 6.97. The molecule has 4 rings (SSSR count). The van der Waals surface area contributed by atoms with Gasteiger partial charge >= 0.3 is 5.97 Å². The molecule has 1 aromatic rings. The molecule has 0 aliphatic heterocycles. The zero-order valence-corrected chi connectivity index (χ0v) is 16.6. The number of benzene rings is 1. The average molecular weight is 353 g/mol. The van der Waals surface area contributed by atoms with Crippen molar-refractivity contribution < 1.29 is 9.53 Å². The second-order valence-corrected chi connectivity index (χ2v) is 9.82. The van der Waals surface area contributed by atoms with Crippen molar-refractivity contribution in [3.05, 3.63) is 42.0 Å². The van der Waals surface area contributed by atoms with Gasteiger partial charge in [-0.15, -0.1) is 0 Å². The van der Waals surface area contributed by atoms with Crippen molar-refractivity contribution in [3.8, 4) is 0 Å². The smallest absolute Gasteiger partial charge is 0.331 e. The monoisotopic (exact) mass is 352 g/mol. The minimum absolute atomic E-state index is 0.201. The largest absolute Gasteiger partial charge is 0.456 e. The number of carbonyl (C=O) groups is 1. The number of esters is 1. The predicted octanol–water partition coefficient (Wildman–Crippen LogP) is 5.87. The van der Waals surface area contributed by atoms with Crippen LogP contribution < -0.4 is 0 Å². The van der Waals surface area contributed by atoms with E-state index in [1.165, 1.54) is 25.7 Å². The molecule has 3 fully saturated rings. The molecule has 0 radical (unpaired) electrons. The molecule has 2 heteroatoms. The summed E-state index contributed by atoms with van der Waals surface area (Å²) < 4.78 is 6.14. The maximum absolute atomic E-state index is 12.6. The van der Waals surface area contributed by atoms with E-state index in [0.29, 0.717) is 11.3 Å². The van der Waals surface area contributed by atoms with Gasteiger partial charge in [0, 0.05) is 12.0 Å². The number of hydrogen-bond acceptors (Lipinski definition) is 2. The van der Waals surface area contributed by atoms with Crippen LogP contribution >= 0.6 is 0 Å². The number of rotatable bonds is 3. The van der Waals surface area contributed by atoms with E-state index in [0.717, 1.165) is 23.8 Å². The highest BCUT2D eigenvalue weighted by Gasteiger charge is 2.68. The molecule has 0 saturated heterocycles. The van der Waals surface area contributed by atoms with Gasteiger partial charge in [0.05, 0.1) is 0 Å². The van der Waals surface area contributed by atoms with Crippen molar-refractivity contribution in [2.45, 2.75) is 65.4 Å². The molecular weight excluding hydrogens is 320 g/mol. The molecule has 0 N–H and O–H groups in total. The van der Waals surface area contributed by atoms with E-state index in [-0.39, 0.29) is 17.0 Å². The standard InChI is InChI=1S/C24H32O2/c1-17-10-12-19-22(2,3)20-16-24(17,19)15-14-23(20,4)26-21(25)13-11-18-8-6-5-7-9-18/h5-9,11,13,17,19-20H,10,12,14-16H2,1-4H3/b13-11+. The minimum atomic E-state index is -0.336. The molecule has 5 unspecified atom stereocenters. The van der Waals surface area contributed by atoms with Crippen LogP contribution in [0.4, 0.5) is 0 Å². The van der Waals surface area contributed by atoms with E-state index >= 15 is 0 Å². The van der Waals surface area contributed by atoms with E-state index in [9.17, 15) is 4.79 Å². The van der Waals surface area contributed by atoms with Crippen molar-refractivity contribution in [2.75, 3.05) is 0 Å². The van der Waals surface area contributed by atoms with Gasteiger partial charge in [0.25, 0.3) is 0 Å². The Bertz CT molecular complexity index is 719.